The molecule has 15 heavy (non-hydrogen) atoms. The molecule has 0 saturated carbocycles. The third-order valence-corrected chi connectivity index (χ3v) is 3.12. The van der Waals surface area contributed by atoms with Crippen molar-refractivity contribution in [1.82, 2.24) is 4.90 Å². The van der Waals surface area contributed by atoms with Gasteiger partial charge in [0.05, 0.1) is 6.07 Å². The smallest absolute Gasteiger partial charge is 0.0621 e. The predicted octanol–water partition coefficient (Wildman–Crippen LogP) is 2.04. The lowest BCUT2D eigenvalue weighted by Gasteiger charge is -2.31. The highest BCUT2D eigenvalue weighted by Gasteiger charge is 2.18. The molecular formula is C12H22N2O. The van der Waals surface area contributed by atoms with Crippen molar-refractivity contribution in [2.45, 2.75) is 32.1 Å². The molecule has 1 fully saturated rings. The molecule has 0 bridgehead atoms. The van der Waals surface area contributed by atoms with Crippen molar-refractivity contribution in [3.05, 3.63) is 0 Å². The van der Waals surface area contributed by atoms with Gasteiger partial charge in [0.2, 0.25) is 0 Å². The summed E-state index contributed by atoms with van der Waals surface area (Å²) >= 11 is 0. The molecule has 0 aromatic rings. The van der Waals surface area contributed by atoms with Gasteiger partial charge in [-0.1, -0.05) is 0 Å². The van der Waals surface area contributed by atoms with Crippen molar-refractivity contribution < 1.29 is 4.74 Å². The normalized spacial score (nSPS) is 18.9. The zero-order valence-corrected chi connectivity index (χ0v) is 9.74. The molecule has 0 aromatic heterocycles. The average molecular weight is 210 g/mol. The van der Waals surface area contributed by atoms with Gasteiger partial charge in [0.15, 0.2) is 0 Å². The molecule has 3 heteroatoms. The Morgan fingerprint density at radius 3 is 2.67 bits per heavy atom. The Balaban J connectivity index is 2.02. The van der Waals surface area contributed by atoms with E-state index in [2.05, 4.69) is 11.0 Å². The zero-order chi connectivity index (χ0) is 10.9. The molecule has 1 rings (SSSR count). The first kappa shape index (κ1) is 12.5. The van der Waals surface area contributed by atoms with Crippen LogP contribution in [0, 0.1) is 17.2 Å². The van der Waals surface area contributed by atoms with Gasteiger partial charge in [-0.3, -0.25) is 0 Å². The van der Waals surface area contributed by atoms with Gasteiger partial charge in [0, 0.05) is 20.1 Å². The van der Waals surface area contributed by atoms with Gasteiger partial charge in [-0.05, 0) is 51.2 Å². The van der Waals surface area contributed by atoms with Crippen molar-refractivity contribution in [1.29, 1.82) is 5.26 Å². The van der Waals surface area contributed by atoms with Crippen LogP contribution in [-0.4, -0.2) is 38.3 Å². The molecule has 0 aromatic carbocycles. The summed E-state index contributed by atoms with van der Waals surface area (Å²) in [6, 6.07) is 2.19. The lowest BCUT2D eigenvalue weighted by molar-refractivity contribution is 0.0989. The van der Waals surface area contributed by atoms with Gasteiger partial charge in [-0.2, -0.15) is 5.26 Å². The van der Waals surface area contributed by atoms with Gasteiger partial charge in [-0.25, -0.2) is 0 Å². The summed E-state index contributed by atoms with van der Waals surface area (Å²) in [4.78, 5) is 2.52. The molecule has 0 unspecified atom stereocenters. The van der Waals surface area contributed by atoms with Crippen LogP contribution in [0.5, 0.6) is 0 Å². The highest BCUT2D eigenvalue weighted by molar-refractivity contribution is 4.73. The third kappa shape index (κ3) is 5.15. The maximum absolute atomic E-state index is 8.42. The van der Waals surface area contributed by atoms with Crippen LogP contribution < -0.4 is 0 Å². The largest absolute Gasteiger partial charge is 0.384 e. The summed E-state index contributed by atoms with van der Waals surface area (Å²) in [6.45, 7) is 4.50. The Kier molecular flexibility index (Phi) is 6.38. The minimum atomic E-state index is 0.708. The van der Waals surface area contributed by atoms with Crippen LogP contribution in [0.15, 0.2) is 0 Å². The van der Waals surface area contributed by atoms with Gasteiger partial charge in [0.1, 0.15) is 0 Å². The van der Waals surface area contributed by atoms with Crippen LogP contribution in [0.3, 0.4) is 0 Å². The summed E-state index contributed by atoms with van der Waals surface area (Å²) < 4.78 is 5.18. The summed E-state index contributed by atoms with van der Waals surface area (Å²) in [7, 11) is 1.79. The monoisotopic (exact) mass is 210 g/mol. The highest BCUT2D eigenvalue weighted by Crippen LogP contribution is 2.17. The highest BCUT2D eigenvalue weighted by atomic mass is 16.5. The van der Waals surface area contributed by atoms with Crippen molar-refractivity contribution in [2.75, 3.05) is 33.4 Å². The molecular weight excluding hydrogens is 188 g/mol. The third-order valence-electron chi connectivity index (χ3n) is 3.12. The molecule has 1 saturated heterocycles. The number of piperidine rings is 1. The molecule has 1 heterocycles. The first-order valence-corrected chi connectivity index (χ1v) is 5.95. The van der Waals surface area contributed by atoms with Crippen molar-refractivity contribution in [3.63, 3.8) is 0 Å². The predicted molar refractivity (Wildman–Crippen MR) is 60.5 cm³/mol. The summed E-state index contributed by atoms with van der Waals surface area (Å²) in [5.74, 6) is 0.769. The number of unbranched alkanes of at least 4 members (excludes halogenated alkanes) is 2. The van der Waals surface area contributed by atoms with E-state index in [4.69, 9.17) is 10.00 Å². The molecule has 0 N–H and O–H groups in total. The van der Waals surface area contributed by atoms with Gasteiger partial charge < -0.3 is 9.64 Å². The Morgan fingerprint density at radius 2 is 2.07 bits per heavy atom. The SMILES string of the molecule is COCC1CCN(CCCCC#N)CC1. The first-order valence-electron chi connectivity index (χ1n) is 5.95. The number of nitriles is 1. The van der Waals surface area contributed by atoms with E-state index in [9.17, 15) is 0 Å². The number of hydrogen-bond acceptors (Lipinski definition) is 3. The van der Waals surface area contributed by atoms with Crippen LogP contribution in [-0.2, 0) is 4.74 Å². The van der Waals surface area contributed by atoms with Crippen LogP contribution in [0.4, 0.5) is 0 Å². The maximum Gasteiger partial charge on any atom is 0.0621 e. The zero-order valence-electron chi connectivity index (χ0n) is 9.74. The fourth-order valence-corrected chi connectivity index (χ4v) is 2.15. The quantitative estimate of drug-likeness (QED) is 0.629. The number of nitrogens with zero attached hydrogens (tertiary/aromatic N) is 2. The lowest BCUT2D eigenvalue weighted by Crippen LogP contribution is -2.35. The van der Waals surface area contributed by atoms with E-state index in [1.54, 1.807) is 7.11 Å². The molecule has 0 spiro atoms. The minimum Gasteiger partial charge on any atom is -0.384 e. The van der Waals surface area contributed by atoms with E-state index >= 15 is 0 Å². The fourth-order valence-electron chi connectivity index (χ4n) is 2.15. The van der Waals surface area contributed by atoms with Crippen molar-refractivity contribution >= 4 is 0 Å². The van der Waals surface area contributed by atoms with Crippen LogP contribution in [0.1, 0.15) is 32.1 Å². The molecule has 0 amide bonds. The Labute approximate surface area is 93.0 Å². The topological polar surface area (TPSA) is 36.3 Å². The van der Waals surface area contributed by atoms with E-state index in [1.165, 1.54) is 38.9 Å². The van der Waals surface area contributed by atoms with Crippen LogP contribution >= 0.6 is 0 Å². The van der Waals surface area contributed by atoms with E-state index < -0.39 is 0 Å². The van der Waals surface area contributed by atoms with E-state index in [-0.39, 0.29) is 0 Å². The van der Waals surface area contributed by atoms with Crippen LogP contribution in [0.25, 0.3) is 0 Å². The first-order chi connectivity index (χ1) is 7.36. The number of methoxy groups -OCH3 is 1. The second-order valence-corrected chi connectivity index (χ2v) is 4.36. The number of likely N-dealkylation sites (tertiary alicyclic amines) is 1. The Morgan fingerprint density at radius 1 is 1.33 bits per heavy atom. The van der Waals surface area contributed by atoms with E-state index in [0.717, 1.165) is 18.9 Å². The molecule has 0 radical (unpaired) electrons. The summed E-state index contributed by atoms with van der Waals surface area (Å²) in [6.07, 6.45) is 5.47. The van der Waals surface area contributed by atoms with E-state index in [0.29, 0.717) is 6.42 Å². The second kappa shape index (κ2) is 7.67. The fraction of sp³-hybridized carbons (Fsp3) is 0.917. The molecule has 86 valence electrons. The molecule has 1 aliphatic rings. The molecule has 0 atom stereocenters. The Bertz CT molecular complexity index is 192. The standard InChI is InChI=1S/C12H22N2O/c1-15-11-12-5-9-14(10-6-12)8-4-2-3-7-13/h12H,2-6,8-11H2,1H3. The molecule has 1 aliphatic heterocycles. The number of hydrogen-bond donors (Lipinski definition) is 0. The summed E-state index contributed by atoms with van der Waals surface area (Å²) in [5.41, 5.74) is 0. The maximum atomic E-state index is 8.42. The van der Waals surface area contributed by atoms with Crippen LogP contribution in [0.2, 0.25) is 0 Å². The average Bonchev–Trinajstić information content (AvgIpc) is 2.27. The van der Waals surface area contributed by atoms with E-state index in [1.807, 2.05) is 0 Å². The second-order valence-electron chi connectivity index (χ2n) is 4.36. The van der Waals surface area contributed by atoms with Gasteiger partial charge in [0.25, 0.3) is 0 Å². The van der Waals surface area contributed by atoms with Gasteiger partial charge >= 0.3 is 0 Å². The molecule has 3 nitrogen and oxygen atoms in total. The number of rotatable bonds is 6. The minimum absolute atomic E-state index is 0.708. The van der Waals surface area contributed by atoms with Crippen molar-refractivity contribution in [2.24, 2.45) is 5.92 Å². The van der Waals surface area contributed by atoms with Gasteiger partial charge in [-0.15, -0.1) is 0 Å². The Hall–Kier alpha value is -0.590. The molecule has 0 aliphatic carbocycles. The number of ether oxygens (including phenoxy) is 1. The van der Waals surface area contributed by atoms with Crippen molar-refractivity contribution in [3.8, 4) is 6.07 Å². The summed E-state index contributed by atoms with van der Waals surface area (Å²) in [5, 5.41) is 8.42. The lowest BCUT2D eigenvalue weighted by atomic mass is 9.97.